The van der Waals surface area contributed by atoms with E-state index in [9.17, 15) is 8.78 Å². The molecule has 0 radical (unpaired) electrons. The highest BCUT2D eigenvalue weighted by molar-refractivity contribution is 5.18. The van der Waals surface area contributed by atoms with Gasteiger partial charge in [-0.15, -0.1) is 0 Å². The third-order valence-corrected chi connectivity index (χ3v) is 3.02. The number of hydrogen-bond donors (Lipinski definition) is 2. The van der Waals surface area contributed by atoms with Crippen molar-refractivity contribution in [3.8, 4) is 0 Å². The zero-order valence-electron chi connectivity index (χ0n) is 10.4. The van der Waals surface area contributed by atoms with Crippen LogP contribution in [0.5, 0.6) is 0 Å². The molecule has 1 aromatic carbocycles. The average molecular weight is 266 g/mol. The van der Waals surface area contributed by atoms with Crippen LogP contribution in [0.2, 0.25) is 0 Å². The second kappa shape index (κ2) is 6.45. The van der Waals surface area contributed by atoms with Crippen molar-refractivity contribution >= 4 is 0 Å². The smallest absolute Gasteiger partial charge is 0.159 e. The van der Waals surface area contributed by atoms with E-state index in [0.29, 0.717) is 12.0 Å². The zero-order valence-corrected chi connectivity index (χ0v) is 10.4. The Bertz CT molecular complexity index is 514. The second-order valence-corrected chi connectivity index (χ2v) is 4.43. The summed E-state index contributed by atoms with van der Waals surface area (Å²) >= 11 is 0. The highest BCUT2D eigenvalue weighted by Crippen LogP contribution is 2.13. The molecular formula is C14H16F2N2O. The first kappa shape index (κ1) is 13.7. The summed E-state index contributed by atoms with van der Waals surface area (Å²) in [6.07, 6.45) is 3.65. The summed E-state index contributed by atoms with van der Waals surface area (Å²) in [5.41, 5.74) is 3.40. The molecule has 102 valence electrons. The summed E-state index contributed by atoms with van der Waals surface area (Å²) in [7, 11) is 0. The first-order chi connectivity index (χ1) is 9.19. The maximum Gasteiger partial charge on any atom is 0.159 e. The monoisotopic (exact) mass is 266 g/mol. The van der Waals surface area contributed by atoms with E-state index in [4.69, 9.17) is 10.3 Å². The molecule has 0 saturated heterocycles. The van der Waals surface area contributed by atoms with Gasteiger partial charge < -0.3 is 4.42 Å². The summed E-state index contributed by atoms with van der Waals surface area (Å²) in [6.45, 7) is 0. The number of halogens is 2. The minimum atomic E-state index is -0.836. The number of aryl methyl sites for hydroxylation is 1. The van der Waals surface area contributed by atoms with Gasteiger partial charge in [0.1, 0.15) is 5.76 Å². The first-order valence-corrected chi connectivity index (χ1v) is 6.11. The van der Waals surface area contributed by atoms with Gasteiger partial charge in [0, 0.05) is 12.5 Å². The lowest BCUT2D eigenvalue weighted by Gasteiger charge is -2.15. The van der Waals surface area contributed by atoms with Gasteiger partial charge in [-0.05, 0) is 42.7 Å². The van der Waals surface area contributed by atoms with Crippen LogP contribution < -0.4 is 11.3 Å². The number of hydrogen-bond acceptors (Lipinski definition) is 3. The molecule has 1 heterocycles. The number of nitrogens with one attached hydrogen (secondary N) is 1. The van der Waals surface area contributed by atoms with E-state index >= 15 is 0 Å². The molecule has 2 rings (SSSR count). The van der Waals surface area contributed by atoms with Gasteiger partial charge in [0.2, 0.25) is 0 Å². The molecule has 0 saturated carbocycles. The summed E-state index contributed by atoms with van der Waals surface area (Å²) in [4.78, 5) is 0. The maximum absolute atomic E-state index is 13.1. The van der Waals surface area contributed by atoms with Gasteiger partial charge >= 0.3 is 0 Å². The predicted octanol–water partition coefficient (Wildman–Crippen LogP) is 2.57. The molecule has 1 atom stereocenters. The molecule has 0 fully saturated rings. The van der Waals surface area contributed by atoms with Crippen LogP contribution in [0.3, 0.4) is 0 Å². The molecule has 1 unspecified atom stereocenters. The second-order valence-electron chi connectivity index (χ2n) is 4.43. The minimum Gasteiger partial charge on any atom is -0.469 e. The van der Waals surface area contributed by atoms with E-state index in [-0.39, 0.29) is 6.04 Å². The van der Waals surface area contributed by atoms with Crippen molar-refractivity contribution < 1.29 is 13.2 Å². The fraction of sp³-hybridized carbons (Fsp3) is 0.286. The SMILES string of the molecule is NNC(CCc1ccco1)Cc1ccc(F)c(F)c1. The molecular weight excluding hydrogens is 250 g/mol. The Kier molecular flexibility index (Phi) is 4.65. The van der Waals surface area contributed by atoms with Crippen molar-refractivity contribution in [3.05, 3.63) is 59.6 Å². The van der Waals surface area contributed by atoms with Gasteiger partial charge in [0.05, 0.1) is 6.26 Å². The van der Waals surface area contributed by atoms with Crippen molar-refractivity contribution in [1.29, 1.82) is 0 Å². The van der Waals surface area contributed by atoms with Crippen LogP contribution in [0.4, 0.5) is 8.78 Å². The van der Waals surface area contributed by atoms with Gasteiger partial charge in [-0.3, -0.25) is 11.3 Å². The molecule has 3 nitrogen and oxygen atoms in total. The van der Waals surface area contributed by atoms with Crippen molar-refractivity contribution in [2.24, 2.45) is 5.84 Å². The standard InChI is InChI=1S/C14H16F2N2O/c15-13-6-3-10(9-14(13)16)8-11(18-17)4-5-12-2-1-7-19-12/h1-3,6-7,9,11,18H,4-5,8,17H2. The van der Waals surface area contributed by atoms with Crippen LogP contribution in [-0.4, -0.2) is 6.04 Å². The Morgan fingerprint density at radius 2 is 2.05 bits per heavy atom. The summed E-state index contributed by atoms with van der Waals surface area (Å²) in [6, 6.07) is 7.60. The summed E-state index contributed by atoms with van der Waals surface area (Å²) in [5.74, 6) is 4.69. The van der Waals surface area contributed by atoms with Crippen molar-refractivity contribution in [3.63, 3.8) is 0 Å². The lowest BCUT2D eigenvalue weighted by molar-refractivity contribution is 0.446. The summed E-state index contributed by atoms with van der Waals surface area (Å²) < 4.78 is 31.2. The minimum absolute atomic E-state index is 0.0186. The number of nitrogens with two attached hydrogens (primary N) is 1. The van der Waals surface area contributed by atoms with Gasteiger partial charge in [-0.25, -0.2) is 8.78 Å². The van der Waals surface area contributed by atoms with Crippen molar-refractivity contribution in [2.75, 3.05) is 0 Å². The van der Waals surface area contributed by atoms with E-state index in [1.165, 1.54) is 6.07 Å². The number of hydrazine groups is 1. The predicted molar refractivity (Wildman–Crippen MR) is 68.2 cm³/mol. The van der Waals surface area contributed by atoms with Crippen molar-refractivity contribution in [2.45, 2.75) is 25.3 Å². The van der Waals surface area contributed by atoms with Crippen LogP contribution in [0.1, 0.15) is 17.7 Å². The normalized spacial score (nSPS) is 12.6. The van der Waals surface area contributed by atoms with E-state index in [0.717, 1.165) is 24.7 Å². The van der Waals surface area contributed by atoms with Crippen LogP contribution in [0, 0.1) is 11.6 Å². The molecule has 1 aromatic heterocycles. The molecule has 3 N–H and O–H groups in total. The third-order valence-electron chi connectivity index (χ3n) is 3.02. The lowest BCUT2D eigenvalue weighted by Crippen LogP contribution is -2.37. The van der Waals surface area contributed by atoms with Crippen LogP contribution in [0.25, 0.3) is 0 Å². The largest absolute Gasteiger partial charge is 0.469 e. The van der Waals surface area contributed by atoms with E-state index in [2.05, 4.69) is 5.43 Å². The van der Waals surface area contributed by atoms with E-state index in [1.807, 2.05) is 12.1 Å². The molecule has 0 aliphatic heterocycles. The number of rotatable bonds is 6. The highest BCUT2D eigenvalue weighted by atomic mass is 19.2. The molecule has 0 bridgehead atoms. The Morgan fingerprint density at radius 1 is 1.21 bits per heavy atom. The molecule has 0 spiro atoms. The van der Waals surface area contributed by atoms with Crippen LogP contribution >= 0.6 is 0 Å². The lowest BCUT2D eigenvalue weighted by atomic mass is 10.0. The fourth-order valence-corrected chi connectivity index (χ4v) is 1.97. The molecule has 2 aromatic rings. The van der Waals surface area contributed by atoms with Crippen molar-refractivity contribution in [1.82, 2.24) is 5.43 Å². The molecule has 19 heavy (non-hydrogen) atoms. The van der Waals surface area contributed by atoms with E-state index < -0.39 is 11.6 Å². The molecule has 0 amide bonds. The quantitative estimate of drug-likeness (QED) is 0.624. The highest BCUT2D eigenvalue weighted by Gasteiger charge is 2.11. The molecule has 0 aliphatic rings. The molecule has 5 heteroatoms. The Hall–Kier alpha value is -1.72. The Balaban J connectivity index is 1.92. The first-order valence-electron chi connectivity index (χ1n) is 6.11. The summed E-state index contributed by atoms with van der Waals surface area (Å²) in [5, 5.41) is 0. The van der Waals surface area contributed by atoms with Gasteiger partial charge in [0.15, 0.2) is 11.6 Å². The fourth-order valence-electron chi connectivity index (χ4n) is 1.97. The Morgan fingerprint density at radius 3 is 2.68 bits per heavy atom. The third kappa shape index (κ3) is 3.87. The number of furan rings is 1. The number of benzene rings is 1. The van der Waals surface area contributed by atoms with Crippen LogP contribution in [-0.2, 0) is 12.8 Å². The van der Waals surface area contributed by atoms with Crippen LogP contribution in [0.15, 0.2) is 41.0 Å². The van der Waals surface area contributed by atoms with Gasteiger partial charge in [-0.2, -0.15) is 0 Å². The Labute approximate surface area is 110 Å². The maximum atomic E-state index is 13.1. The zero-order chi connectivity index (χ0) is 13.7. The van der Waals surface area contributed by atoms with E-state index in [1.54, 1.807) is 12.3 Å². The topological polar surface area (TPSA) is 51.2 Å². The average Bonchev–Trinajstić information content (AvgIpc) is 2.92. The molecule has 0 aliphatic carbocycles. The van der Waals surface area contributed by atoms with Gasteiger partial charge in [0.25, 0.3) is 0 Å². The van der Waals surface area contributed by atoms with Gasteiger partial charge in [-0.1, -0.05) is 6.07 Å².